The average molecular weight is 287 g/mol. The van der Waals surface area contributed by atoms with Crippen molar-refractivity contribution in [2.45, 2.75) is 32.7 Å². The first-order chi connectivity index (χ1) is 9.97. The van der Waals surface area contributed by atoms with Crippen LogP contribution >= 0.6 is 0 Å². The van der Waals surface area contributed by atoms with Gasteiger partial charge in [-0.2, -0.15) is 0 Å². The van der Waals surface area contributed by atoms with Crippen LogP contribution in [0.4, 0.5) is 0 Å². The summed E-state index contributed by atoms with van der Waals surface area (Å²) in [7, 11) is 0. The Bertz CT molecular complexity index is 559. The van der Waals surface area contributed by atoms with Gasteiger partial charge in [0.25, 0.3) is 5.91 Å². The normalized spacial score (nSPS) is 14.6. The predicted octanol–water partition coefficient (Wildman–Crippen LogP) is 3.05. The van der Waals surface area contributed by atoms with Crippen LogP contribution in [0, 0.1) is 5.92 Å². The van der Waals surface area contributed by atoms with E-state index < -0.39 is 5.97 Å². The lowest BCUT2D eigenvalue weighted by molar-refractivity contribution is -0.131. The third-order valence-electron chi connectivity index (χ3n) is 3.36. The molecule has 0 heterocycles. The Morgan fingerprint density at radius 1 is 1.38 bits per heavy atom. The fourth-order valence-corrected chi connectivity index (χ4v) is 2.29. The molecule has 1 fully saturated rings. The van der Waals surface area contributed by atoms with E-state index in [0.29, 0.717) is 17.5 Å². The van der Waals surface area contributed by atoms with Gasteiger partial charge in [-0.25, -0.2) is 4.79 Å². The number of hydrogen-bond acceptors (Lipinski definition) is 2. The van der Waals surface area contributed by atoms with E-state index in [2.05, 4.69) is 13.8 Å². The topological polar surface area (TPSA) is 57.6 Å². The summed E-state index contributed by atoms with van der Waals surface area (Å²) in [6.07, 6.45) is 4.74. The zero-order chi connectivity index (χ0) is 15.4. The Morgan fingerprint density at radius 3 is 2.67 bits per heavy atom. The highest BCUT2D eigenvalue weighted by molar-refractivity contribution is 5.95. The number of nitrogens with zero attached hydrogens (tertiary/aromatic N) is 1. The SMILES string of the molecule is CC(C)CN(C(=O)c1cccc(C=CC(=O)O)c1)C1CC1. The molecule has 0 aliphatic heterocycles. The molecule has 0 spiro atoms. The Kier molecular flexibility index (Phi) is 4.78. The fraction of sp³-hybridized carbons (Fsp3) is 0.412. The Labute approximate surface area is 125 Å². The van der Waals surface area contributed by atoms with Crippen molar-refractivity contribution in [2.75, 3.05) is 6.54 Å². The maximum atomic E-state index is 12.6. The van der Waals surface area contributed by atoms with E-state index in [4.69, 9.17) is 5.11 Å². The summed E-state index contributed by atoms with van der Waals surface area (Å²) < 4.78 is 0. The Hall–Kier alpha value is -2.10. The highest BCUT2D eigenvalue weighted by atomic mass is 16.4. The molecule has 0 saturated heterocycles. The van der Waals surface area contributed by atoms with Gasteiger partial charge in [-0.15, -0.1) is 0 Å². The summed E-state index contributed by atoms with van der Waals surface area (Å²) >= 11 is 0. The van der Waals surface area contributed by atoms with Crippen LogP contribution in [0.3, 0.4) is 0 Å². The lowest BCUT2D eigenvalue weighted by Crippen LogP contribution is -2.36. The quantitative estimate of drug-likeness (QED) is 0.818. The van der Waals surface area contributed by atoms with Crippen molar-refractivity contribution in [1.82, 2.24) is 4.90 Å². The molecule has 1 aliphatic carbocycles. The zero-order valence-corrected chi connectivity index (χ0v) is 12.5. The van der Waals surface area contributed by atoms with Crippen molar-refractivity contribution in [3.8, 4) is 0 Å². The second kappa shape index (κ2) is 6.57. The maximum absolute atomic E-state index is 12.6. The van der Waals surface area contributed by atoms with Gasteiger partial charge in [-0.05, 0) is 42.5 Å². The fourth-order valence-electron chi connectivity index (χ4n) is 2.29. The number of amides is 1. The molecule has 4 heteroatoms. The summed E-state index contributed by atoms with van der Waals surface area (Å²) in [6, 6.07) is 7.49. The minimum atomic E-state index is -0.994. The van der Waals surface area contributed by atoms with Gasteiger partial charge in [0.2, 0.25) is 0 Å². The third-order valence-corrected chi connectivity index (χ3v) is 3.36. The lowest BCUT2D eigenvalue weighted by atomic mass is 10.1. The van der Waals surface area contributed by atoms with Gasteiger partial charge < -0.3 is 10.0 Å². The number of hydrogen-bond donors (Lipinski definition) is 1. The molecule has 1 saturated carbocycles. The summed E-state index contributed by atoms with van der Waals surface area (Å²) in [6.45, 7) is 4.97. The van der Waals surface area contributed by atoms with Crippen LogP contribution in [0.5, 0.6) is 0 Å². The van der Waals surface area contributed by atoms with Gasteiger partial charge in [0.15, 0.2) is 0 Å². The van der Waals surface area contributed by atoms with Gasteiger partial charge in [-0.3, -0.25) is 4.79 Å². The minimum Gasteiger partial charge on any atom is -0.478 e. The number of carbonyl (C=O) groups is 2. The van der Waals surface area contributed by atoms with E-state index in [1.54, 1.807) is 24.3 Å². The van der Waals surface area contributed by atoms with Crippen LogP contribution in [0.15, 0.2) is 30.3 Å². The average Bonchev–Trinajstić information content (AvgIpc) is 3.26. The second-order valence-electron chi connectivity index (χ2n) is 5.88. The van der Waals surface area contributed by atoms with Crippen molar-refractivity contribution >= 4 is 18.0 Å². The molecule has 1 aliphatic rings. The van der Waals surface area contributed by atoms with Crippen LogP contribution < -0.4 is 0 Å². The van der Waals surface area contributed by atoms with E-state index >= 15 is 0 Å². The Balaban J connectivity index is 2.17. The van der Waals surface area contributed by atoms with Gasteiger partial charge in [-0.1, -0.05) is 26.0 Å². The number of aliphatic carboxylic acids is 1. The van der Waals surface area contributed by atoms with Crippen LogP contribution in [-0.2, 0) is 4.79 Å². The van der Waals surface area contributed by atoms with Gasteiger partial charge in [0, 0.05) is 24.2 Å². The van der Waals surface area contributed by atoms with Gasteiger partial charge in [0.1, 0.15) is 0 Å². The highest BCUT2D eigenvalue weighted by Crippen LogP contribution is 2.29. The highest BCUT2D eigenvalue weighted by Gasteiger charge is 2.33. The van der Waals surface area contributed by atoms with Crippen molar-refractivity contribution in [2.24, 2.45) is 5.92 Å². The molecule has 1 aromatic carbocycles. The first kappa shape index (κ1) is 15.3. The van der Waals surface area contributed by atoms with Crippen molar-refractivity contribution < 1.29 is 14.7 Å². The molecule has 1 N–H and O–H groups in total. The maximum Gasteiger partial charge on any atom is 0.328 e. The molecule has 2 rings (SSSR count). The van der Waals surface area contributed by atoms with Gasteiger partial charge >= 0.3 is 5.97 Å². The summed E-state index contributed by atoms with van der Waals surface area (Å²) in [5.41, 5.74) is 1.35. The number of rotatable bonds is 6. The summed E-state index contributed by atoms with van der Waals surface area (Å²) in [5, 5.41) is 8.66. The molecular weight excluding hydrogens is 266 g/mol. The second-order valence-corrected chi connectivity index (χ2v) is 5.88. The van der Waals surface area contributed by atoms with Crippen molar-refractivity contribution in [1.29, 1.82) is 0 Å². The molecule has 0 aromatic heterocycles. The molecule has 0 unspecified atom stereocenters. The largest absolute Gasteiger partial charge is 0.478 e. The number of carboxylic acid groups (broad SMARTS) is 1. The van der Waals surface area contributed by atoms with Crippen LogP contribution in [0.25, 0.3) is 6.08 Å². The summed E-state index contributed by atoms with van der Waals surface area (Å²) in [4.78, 5) is 25.1. The van der Waals surface area contributed by atoms with Crippen molar-refractivity contribution in [3.63, 3.8) is 0 Å². The van der Waals surface area contributed by atoms with E-state index in [1.807, 2.05) is 4.90 Å². The summed E-state index contributed by atoms with van der Waals surface area (Å²) in [5.74, 6) is -0.521. The van der Waals surface area contributed by atoms with Gasteiger partial charge in [0.05, 0.1) is 0 Å². The van der Waals surface area contributed by atoms with E-state index in [1.165, 1.54) is 6.08 Å². The molecule has 1 amide bonds. The number of carboxylic acids is 1. The molecular formula is C17H21NO3. The van der Waals surface area contributed by atoms with Crippen molar-refractivity contribution in [3.05, 3.63) is 41.5 Å². The first-order valence-electron chi connectivity index (χ1n) is 7.29. The smallest absolute Gasteiger partial charge is 0.328 e. The molecule has 0 atom stereocenters. The lowest BCUT2D eigenvalue weighted by Gasteiger charge is -2.24. The standard InChI is InChI=1S/C17H21NO3/c1-12(2)11-18(15-7-8-15)17(21)14-5-3-4-13(10-14)6-9-16(19)20/h3-6,9-10,12,15H,7-8,11H2,1-2H3,(H,19,20). The molecule has 0 bridgehead atoms. The molecule has 112 valence electrons. The predicted molar refractivity (Wildman–Crippen MR) is 82.0 cm³/mol. The number of carbonyl (C=O) groups excluding carboxylic acids is 1. The number of benzene rings is 1. The molecule has 4 nitrogen and oxygen atoms in total. The third kappa shape index (κ3) is 4.45. The zero-order valence-electron chi connectivity index (χ0n) is 12.5. The molecule has 21 heavy (non-hydrogen) atoms. The monoisotopic (exact) mass is 287 g/mol. The van der Waals surface area contributed by atoms with Crippen LogP contribution in [0.2, 0.25) is 0 Å². The van der Waals surface area contributed by atoms with Crippen LogP contribution in [0.1, 0.15) is 42.6 Å². The molecule has 0 radical (unpaired) electrons. The van der Waals surface area contributed by atoms with E-state index in [-0.39, 0.29) is 5.91 Å². The first-order valence-corrected chi connectivity index (χ1v) is 7.29. The minimum absolute atomic E-state index is 0.0387. The van der Waals surface area contributed by atoms with E-state index in [9.17, 15) is 9.59 Å². The Morgan fingerprint density at radius 2 is 2.10 bits per heavy atom. The molecule has 1 aromatic rings. The van der Waals surface area contributed by atoms with Crippen LogP contribution in [-0.4, -0.2) is 34.5 Å². The van der Waals surface area contributed by atoms with E-state index in [0.717, 1.165) is 31.0 Å².